The van der Waals surface area contributed by atoms with Crippen LogP contribution in [0.4, 0.5) is 5.69 Å². The summed E-state index contributed by atoms with van der Waals surface area (Å²) in [5.41, 5.74) is 4.40. The average Bonchev–Trinajstić information content (AvgIpc) is 2.84. The van der Waals surface area contributed by atoms with E-state index < -0.39 is 5.97 Å². The Hall–Kier alpha value is -4.16. The molecule has 0 aliphatic heterocycles. The molecular formula is C26H20ClN3O3. The zero-order valence-electron chi connectivity index (χ0n) is 17.5. The van der Waals surface area contributed by atoms with Gasteiger partial charge < -0.3 is 10.1 Å². The number of fused-ring (bicyclic) bond motifs is 1. The first-order valence-electron chi connectivity index (χ1n) is 10.2. The highest BCUT2D eigenvalue weighted by molar-refractivity contribution is 6.33. The third-order valence-electron chi connectivity index (χ3n) is 4.82. The number of carbonyl (C=O) groups excluding carboxylic acids is 2. The van der Waals surface area contributed by atoms with Crippen molar-refractivity contribution in [1.82, 2.24) is 5.43 Å². The predicted molar refractivity (Wildman–Crippen MR) is 131 cm³/mol. The number of nitrogens with zero attached hydrogens (tertiary/aromatic N) is 1. The molecule has 7 heteroatoms. The molecule has 6 nitrogen and oxygen atoms in total. The first kappa shape index (κ1) is 22.0. The average molecular weight is 458 g/mol. The van der Waals surface area contributed by atoms with Crippen LogP contribution in [0.1, 0.15) is 15.9 Å². The number of esters is 1. The lowest BCUT2D eigenvalue weighted by molar-refractivity contribution is -0.119. The summed E-state index contributed by atoms with van der Waals surface area (Å²) in [6, 6.07) is 27.3. The van der Waals surface area contributed by atoms with Gasteiger partial charge >= 0.3 is 5.97 Å². The van der Waals surface area contributed by atoms with Crippen molar-refractivity contribution in [3.8, 4) is 5.75 Å². The highest BCUT2D eigenvalue weighted by Crippen LogP contribution is 2.22. The quantitative estimate of drug-likeness (QED) is 0.171. The third-order valence-corrected chi connectivity index (χ3v) is 5.15. The second-order valence-electron chi connectivity index (χ2n) is 7.11. The minimum absolute atomic E-state index is 0.0856. The molecule has 0 bridgehead atoms. The summed E-state index contributed by atoms with van der Waals surface area (Å²) in [5, 5.41) is 9.59. The molecule has 0 spiro atoms. The minimum atomic E-state index is -0.534. The van der Waals surface area contributed by atoms with Crippen LogP contribution in [-0.4, -0.2) is 24.6 Å². The van der Waals surface area contributed by atoms with Crippen molar-refractivity contribution < 1.29 is 14.3 Å². The van der Waals surface area contributed by atoms with E-state index in [1.54, 1.807) is 48.5 Å². The molecule has 0 saturated heterocycles. The Morgan fingerprint density at radius 2 is 1.61 bits per heavy atom. The largest absolute Gasteiger partial charge is 0.423 e. The second-order valence-corrected chi connectivity index (χ2v) is 7.52. The maximum atomic E-state index is 12.2. The molecule has 0 radical (unpaired) electrons. The molecule has 0 unspecified atom stereocenters. The van der Waals surface area contributed by atoms with Crippen LogP contribution in [0.15, 0.2) is 96.1 Å². The van der Waals surface area contributed by atoms with Gasteiger partial charge in [0.1, 0.15) is 5.75 Å². The van der Waals surface area contributed by atoms with Gasteiger partial charge in [0, 0.05) is 11.1 Å². The highest BCUT2D eigenvalue weighted by Gasteiger charge is 2.12. The molecular weight excluding hydrogens is 438 g/mol. The number of hydrazone groups is 1. The van der Waals surface area contributed by atoms with E-state index in [1.165, 1.54) is 6.21 Å². The maximum absolute atomic E-state index is 12.2. The monoisotopic (exact) mass is 457 g/mol. The van der Waals surface area contributed by atoms with E-state index in [4.69, 9.17) is 16.3 Å². The van der Waals surface area contributed by atoms with Gasteiger partial charge in [0.25, 0.3) is 5.91 Å². The van der Waals surface area contributed by atoms with Crippen LogP contribution in [0.3, 0.4) is 0 Å². The molecule has 0 aromatic heterocycles. The summed E-state index contributed by atoms with van der Waals surface area (Å²) in [6.07, 6.45) is 1.51. The van der Waals surface area contributed by atoms with Crippen molar-refractivity contribution in [1.29, 1.82) is 0 Å². The van der Waals surface area contributed by atoms with Crippen LogP contribution in [0.5, 0.6) is 5.75 Å². The lowest BCUT2D eigenvalue weighted by Crippen LogP contribution is -2.25. The Bertz CT molecular complexity index is 1310. The lowest BCUT2D eigenvalue weighted by Gasteiger charge is -2.08. The van der Waals surface area contributed by atoms with E-state index in [0.717, 1.165) is 22.0 Å². The van der Waals surface area contributed by atoms with Crippen molar-refractivity contribution in [2.24, 2.45) is 5.10 Å². The molecule has 2 N–H and O–H groups in total. The molecule has 0 heterocycles. The van der Waals surface area contributed by atoms with E-state index in [0.29, 0.717) is 16.3 Å². The van der Waals surface area contributed by atoms with Crippen LogP contribution >= 0.6 is 11.6 Å². The van der Waals surface area contributed by atoms with E-state index >= 15 is 0 Å². The lowest BCUT2D eigenvalue weighted by atomic mass is 10.1. The number of benzene rings is 4. The number of ether oxygens (including phenoxy) is 1. The number of hydrogen-bond donors (Lipinski definition) is 2. The van der Waals surface area contributed by atoms with Crippen LogP contribution in [0.2, 0.25) is 5.02 Å². The van der Waals surface area contributed by atoms with Crippen molar-refractivity contribution in [2.45, 2.75) is 0 Å². The van der Waals surface area contributed by atoms with E-state index in [-0.39, 0.29) is 12.5 Å². The molecule has 0 aliphatic rings. The number of halogens is 1. The molecule has 164 valence electrons. The summed E-state index contributed by atoms with van der Waals surface area (Å²) in [5.74, 6) is -0.433. The van der Waals surface area contributed by atoms with Crippen LogP contribution < -0.4 is 15.5 Å². The van der Waals surface area contributed by atoms with Gasteiger partial charge in [-0.2, -0.15) is 5.10 Å². The Labute approximate surface area is 195 Å². The number of hydrogen-bond acceptors (Lipinski definition) is 5. The van der Waals surface area contributed by atoms with Gasteiger partial charge in [-0.25, -0.2) is 10.2 Å². The first-order valence-corrected chi connectivity index (χ1v) is 10.6. The smallest absolute Gasteiger partial charge is 0.345 e. The van der Waals surface area contributed by atoms with Gasteiger partial charge in [-0.1, -0.05) is 60.1 Å². The summed E-state index contributed by atoms with van der Waals surface area (Å²) in [4.78, 5) is 24.3. The Morgan fingerprint density at radius 1 is 0.879 bits per heavy atom. The fourth-order valence-corrected chi connectivity index (χ4v) is 3.40. The van der Waals surface area contributed by atoms with E-state index in [1.807, 2.05) is 42.5 Å². The van der Waals surface area contributed by atoms with Gasteiger partial charge in [0.05, 0.1) is 23.3 Å². The number of nitrogens with one attached hydrogen (secondary N) is 2. The summed E-state index contributed by atoms with van der Waals surface area (Å²) < 4.78 is 5.34. The molecule has 0 aliphatic carbocycles. The Kier molecular flexibility index (Phi) is 6.97. The Balaban J connectivity index is 1.28. The van der Waals surface area contributed by atoms with E-state index in [9.17, 15) is 9.59 Å². The van der Waals surface area contributed by atoms with Gasteiger partial charge in [-0.3, -0.25) is 4.79 Å². The fourth-order valence-electron chi connectivity index (χ4n) is 3.18. The first-order chi connectivity index (χ1) is 16.1. The second kappa shape index (κ2) is 10.4. The Morgan fingerprint density at radius 3 is 2.42 bits per heavy atom. The fraction of sp³-hybridized carbons (Fsp3) is 0.0385. The molecule has 4 rings (SSSR count). The van der Waals surface area contributed by atoms with Crippen LogP contribution in [-0.2, 0) is 4.79 Å². The molecule has 1 amide bonds. The number of rotatable bonds is 7. The SMILES string of the molecule is O=C(CNc1cccc2ccccc12)N/N=C\c1ccc(OC(=O)c2ccccc2Cl)cc1. The van der Waals surface area contributed by atoms with Crippen LogP contribution in [0, 0.1) is 0 Å². The predicted octanol–water partition coefficient (Wildman–Crippen LogP) is 5.27. The van der Waals surface area contributed by atoms with Gasteiger partial charge in [0.15, 0.2) is 0 Å². The van der Waals surface area contributed by atoms with Crippen LogP contribution in [0.25, 0.3) is 10.8 Å². The standard InChI is InChI=1S/C26H20ClN3O3/c27-23-10-4-3-9-22(23)26(32)33-20-14-12-18(13-15-20)16-29-30-25(31)17-28-24-11-5-7-19-6-1-2-8-21(19)24/h1-16,28H,17H2,(H,30,31)/b29-16-. The third kappa shape index (κ3) is 5.75. The maximum Gasteiger partial charge on any atom is 0.345 e. The minimum Gasteiger partial charge on any atom is -0.423 e. The zero-order valence-corrected chi connectivity index (χ0v) is 18.3. The summed E-state index contributed by atoms with van der Waals surface area (Å²) in [6.45, 7) is 0.0856. The van der Waals surface area contributed by atoms with Gasteiger partial charge in [0.2, 0.25) is 0 Å². The number of carbonyl (C=O) groups is 2. The van der Waals surface area contributed by atoms with Gasteiger partial charge in [-0.15, -0.1) is 0 Å². The molecule has 0 fully saturated rings. The summed E-state index contributed by atoms with van der Waals surface area (Å²) >= 11 is 6.02. The van der Waals surface area contributed by atoms with Crippen molar-refractivity contribution in [2.75, 3.05) is 11.9 Å². The molecule has 4 aromatic carbocycles. The number of amides is 1. The zero-order chi connectivity index (χ0) is 23.0. The molecule has 33 heavy (non-hydrogen) atoms. The normalized spacial score (nSPS) is 10.8. The number of anilines is 1. The van der Waals surface area contributed by atoms with E-state index in [2.05, 4.69) is 15.8 Å². The molecule has 0 atom stereocenters. The van der Waals surface area contributed by atoms with Crippen molar-refractivity contribution >= 4 is 46.2 Å². The van der Waals surface area contributed by atoms with Crippen molar-refractivity contribution in [3.63, 3.8) is 0 Å². The summed E-state index contributed by atoms with van der Waals surface area (Å²) in [7, 11) is 0. The van der Waals surface area contributed by atoms with Crippen molar-refractivity contribution in [3.05, 3.63) is 107 Å². The highest BCUT2D eigenvalue weighted by atomic mass is 35.5. The topological polar surface area (TPSA) is 79.8 Å². The van der Waals surface area contributed by atoms with Gasteiger partial charge in [-0.05, 0) is 53.4 Å². The molecule has 4 aromatic rings. The molecule has 0 saturated carbocycles.